The van der Waals surface area contributed by atoms with Gasteiger partial charge < -0.3 is 5.11 Å². The fourth-order valence-electron chi connectivity index (χ4n) is 1.33. The van der Waals surface area contributed by atoms with Crippen LogP contribution >= 0.6 is 12.4 Å². The normalized spacial score (nSPS) is 22.1. The van der Waals surface area contributed by atoms with Gasteiger partial charge in [0.05, 0.1) is 18.1 Å². The largest absolute Gasteiger partial charge is 0.396 e. The monoisotopic (exact) mass is 265 g/mol. The second-order valence-electron chi connectivity index (χ2n) is 3.28. The molecule has 0 radical (unpaired) electrons. The van der Waals surface area contributed by atoms with Crippen LogP contribution in [-0.4, -0.2) is 55.7 Å². The Hall–Kier alpha value is 0.0200. The number of nitrogens with zero attached hydrogens (tertiary/aromatic N) is 1. The van der Waals surface area contributed by atoms with Crippen LogP contribution in [0.25, 0.3) is 0 Å². The summed E-state index contributed by atoms with van der Waals surface area (Å²) in [7, 11) is -3.13. The molecule has 0 aromatic rings. The standard InChI is InChI=1S/C7H13F2NO3S.ClH/c8-7(9,1-4-11)10-2-5-14(12,13)6-3-10;/h11H,1-6H2;1H. The molecule has 15 heavy (non-hydrogen) atoms. The van der Waals surface area contributed by atoms with Crippen molar-refractivity contribution in [1.82, 2.24) is 4.90 Å². The fraction of sp³-hybridized carbons (Fsp3) is 1.00. The van der Waals surface area contributed by atoms with Gasteiger partial charge in [-0.25, -0.2) is 13.3 Å². The third kappa shape index (κ3) is 4.18. The summed E-state index contributed by atoms with van der Waals surface area (Å²) < 4.78 is 48.2. The van der Waals surface area contributed by atoms with Gasteiger partial charge in [-0.2, -0.15) is 8.78 Å². The van der Waals surface area contributed by atoms with Crippen molar-refractivity contribution in [3.63, 3.8) is 0 Å². The molecule has 1 aliphatic heterocycles. The molecule has 1 rings (SSSR count). The topological polar surface area (TPSA) is 57.6 Å². The summed E-state index contributed by atoms with van der Waals surface area (Å²) in [4.78, 5) is 0.810. The molecule has 0 aromatic heterocycles. The number of rotatable bonds is 3. The zero-order valence-corrected chi connectivity index (χ0v) is 9.66. The molecule has 0 bridgehead atoms. The van der Waals surface area contributed by atoms with E-state index in [1.165, 1.54) is 0 Å². The first-order valence-electron chi connectivity index (χ1n) is 4.31. The van der Waals surface area contributed by atoms with Gasteiger partial charge in [-0.05, 0) is 0 Å². The maximum absolute atomic E-state index is 13.1. The highest BCUT2D eigenvalue weighted by Gasteiger charge is 2.39. The minimum absolute atomic E-state index is 0. The summed E-state index contributed by atoms with van der Waals surface area (Å²) in [6.07, 6.45) is -0.646. The number of alkyl halides is 2. The molecule has 0 saturated carbocycles. The number of hydrogen-bond donors (Lipinski definition) is 1. The predicted molar refractivity (Wildman–Crippen MR) is 54.1 cm³/mol. The second kappa shape index (κ2) is 5.38. The van der Waals surface area contributed by atoms with Gasteiger partial charge >= 0.3 is 6.05 Å². The van der Waals surface area contributed by atoms with Gasteiger partial charge in [-0.1, -0.05) is 0 Å². The molecule has 4 nitrogen and oxygen atoms in total. The van der Waals surface area contributed by atoms with Crippen molar-refractivity contribution in [3.05, 3.63) is 0 Å². The maximum Gasteiger partial charge on any atom is 0.307 e. The Kier molecular flexibility index (Phi) is 5.39. The van der Waals surface area contributed by atoms with Gasteiger partial charge in [0.15, 0.2) is 9.84 Å². The van der Waals surface area contributed by atoms with Crippen LogP contribution in [0.15, 0.2) is 0 Å². The van der Waals surface area contributed by atoms with Gasteiger partial charge in [-0.15, -0.1) is 12.4 Å². The van der Waals surface area contributed by atoms with Crippen molar-refractivity contribution >= 4 is 22.2 Å². The summed E-state index contributed by atoms with van der Waals surface area (Å²) >= 11 is 0. The van der Waals surface area contributed by atoms with E-state index in [-0.39, 0.29) is 37.0 Å². The lowest BCUT2D eigenvalue weighted by Crippen LogP contribution is -2.50. The summed E-state index contributed by atoms with van der Waals surface area (Å²) in [5, 5.41) is 8.41. The molecule has 0 atom stereocenters. The molecule has 0 aliphatic carbocycles. The first kappa shape index (κ1) is 15.0. The zero-order chi connectivity index (χ0) is 10.8. The van der Waals surface area contributed by atoms with Crippen LogP contribution in [0.1, 0.15) is 6.42 Å². The Balaban J connectivity index is 0.00000196. The third-order valence-electron chi connectivity index (χ3n) is 2.22. The maximum atomic E-state index is 13.1. The molecule has 0 amide bonds. The molecule has 0 spiro atoms. The number of sulfone groups is 1. The van der Waals surface area contributed by atoms with Crippen LogP contribution in [0, 0.1) is 0 Å². The average Bonchev–Trinajstić information content (AvgIpc) is 2.03. The predicted octanol–water partition coefficient (Wildman–Crippen LogP) is 0.114. The Bertz CT molecular complexity index is 283. The number of aliphatic hydroxyl groups is 1. The van der Waals surface area contributed by atoms with Crippen molar-refractivity contribution in [3.8, 4) is 0 Å². The molecule has 0 unspecified atom stereocenters. The first-order chi connectivity index (χ1) is 6.37. The minimum Gasteiger partial charge on any atom is -0.396 e. The van der Waals surface area contributed by atoms with Crippen LogP contribution in [0.4, 0.5) is 8.78 Å². The Morgan fingerprint density at radius 2 is 1.73 bits per heavy atom. The summed E-state index contributed by atoms with van der Waals surface area (Å²) in [5.41, 5.74) is 0. The van der Waals surface area contributed by atoms with E-state index in [1.54, 1.807) is 0 Å². The van der Waals surface area contributed by atoms with Gasteiger partial charge in [-0.3, -0.25) is 0 Å². The van der Waals surface area contributed by atoms with E-state index in [0.717, 1.165) is 4.90 Å². The molecule has 1 heterocycles. The lowest BCUT2D eigenvalue weighted by Gasteiger charge is -2.33. The highest BCUT2D eigenvalue weighted by Crippen LogP contribution is 2.25. The molecule has 1 fully saturated rings. The lowest BCUT2D eigenvalue weighted by atomic mass is 10.3. The van der Waals surface area contributed by atoms with Gasteiger partial charge in [0, 0.05) is 19.5 Å². The minimum atomic E-state index is -3.13. The van der Waals surface area contributed by atoms with E-state index in [4.69, 9.17) is 5.11 Å². The van der Waals surface area contributed by atoms with Gasteiger partial charge in [0.25, 0.3) is 0 Å². The quantitative estimate of drug-likeness (QED) is 0.736. The van der Waals surface area contributed by atoms with Crippen molar-refractivity contribution in [2.45, 2.75) is 12.5 Å². The number of halogens is 3. The van der Waals surface area contributed by atoms with E-state index in [0.29, 0.717) is 0 Å². The van der Waals surface area contributed by atoms with E-state index in [1.807, 2.05) is 0 Å². The lowest BCUT2D eigenvalue weighted by molar-refractivity contribution is -0.153. The average molecular weight is 266 g/mol. The van der Waals surface area contributed by atoms with E-state index in [2.05, 4.69) is 0 Å². The highest BCUT2D eigenvalue weighted by molar-refractivity contribution is 7.91. The van der Waals surface area contributed by atoms with Crippen molar-refractivity contribution in [1.29, 1.82) is 0 Å². The van der Waals surface area contributed by atoms with Crippen LogP contribution in [0.5, 0.6) is 0 Å². The van der Waals surface area contributed by atoms with E-state index < -0.39 is 28.9 Å². The van der Waals surface area contributed by atoms with Crippen molar-refractivity contribution in [2.75, 3.05) is 31.2 Å². The van der Waals surface area contributed by atoms with E-state index >= 15 is 0 Å². The molecule has 1 saturated heterocycles. The van der Waals surface area contributed by atoms with Crippen molar-refractivity contribution in [2.24, 2.45) is 0 Å². The molecular formula is C7H14ClF2NO3S. The SMILES string of the molecule is Cl.O=S1(=O)CCN(C(F)(F)CCO)CC1. The molecule has 1 N–H and O–H groups in total. The van der Waals surface area contributed by atoms with Crippen LogP contribution < -0.4 is 0 Å². The molecule has 0 aromatic carbocycles. The molecule has 92 valence electrons. The highest BCUT2D eigenvalue weighted by atomic mass is 35.5. The summed E-state index contributed by atoms with van der Waals surface area (Å²) in [5.74, 6) is -0.456. The van der Waals surface area contributed by atoms with Crippen LogP contribution in [0.2, 0.25) is 0 Å². The van der Waals surface area contributed by atoms with Gasteiger partial charge in [0.2, 0.25) is 0 Å². The Morgan fingerprint density at radius 1 is 1.27 bits per heavy atom. The van der Waals surface area contributed by atoms with Gasteiger partial charge in [0.1, 0.15) is 0 Å². The van der Waals surface area contributed by atoms with E-state index in [9.17, 15) is 17.2 Å². The Morgan fingerprint density at radius 3 is 2.13 bits per heavy atom. The molecule has 8 heteroatoms. The number of aliphatic hydroxyl groups excluding tert-OH is 1. The first-order valence-corrected chi connectivity index (χ1v) is 6.14. The number of hydrogen-bond acceptors (Lipinski definition) is 4. The third-order valence-corrected chi connectivity index (χ3v) is 3.83. The molecule has 1 aliphatic rings. The fourth-order valence-corrected chi connectivity index (χ4v) is 2.53. The van der Waals surface area contributed by atoms with Crippen LogP contribution in [0.3, 0.4) is 0 Å². The zero-order valence-electron chi connectivity index (χ0n) is 8.03. The van der Waals surface area contributed by atoms with Crippen molar-refractivity contribution < 1.29 is 22.3 Å². The summed E-state index contributed by atoms with van der Waals surface area (Å²) in [6.45, 7) is -0.916. The second-order valence-corrected chi connectivity index (χ2v) is 5.58. The summed E-state index contributed by atoms with van der Waals surface area (Å²) in [6, 6.07) is -3.09. The Labute approximate surface area is 93.6 Å². The smallest absolute Gasteiger partial charge is 0.307 e. The molecular weight excluding hydrogens is 252 g/mol. The van der Waals surface area contributed by atoms with Crippen LogP contribution in [-0.2, 0) is 9.84 Å².